The molecule has 0 radical (unpaired) electrons. The smallest absolute Gasteiger partial charge is 0.337 e. The van der Waals surface area contributed by atoms with Crippen molar-refractivity contribution >= 4 is 21.9 Å². The minimum atomic E-state index is -0.991. The summed E-state index contributed by atoms with van der Waals surface area (Å²) in [4.78, 5) is 14.6. The summed E-state index contributed by atoms with van der Waals surface area (Å²) in [6, 6.07) is 1.35. The van der Waals surface area contributed by atoms with Gasteiger partial charge in [-0.3, -0.25) is 4.98 Å². The highest BCUT2D eigenvalue weighted by Crippen LogP contribution is 2.22. The summed E-state index contributed by atoms with van der Waals surface area (Å²) in [5, 5.41) is 8.70. The predicted octanol–water partition coefficient (Wildman–Crippen LogP) is 1.95. The summed E-state index contributed by atoms with van der Waals surface area (Å²) in [5.74, 6) is -0.991. The van der Waals surface area contributed by atoms with Crippen LogP contribution in [0.1, 0.15) is 35.4 Å². The van der Waals surface area contributed by atoms with Crippen LogP contribution in [0.4, 0.5) is 0 Å². The number of nitrogens with two attached hydrogens (primary N) is 1. The van der Waals surface area contributed by atoms with E-state index >= 15 is 0 Å². The van der Waals surface area contributed by atoms with E-state index in [2.05, 4.69) is 20.9 Å². The summed E-state index contributed by atoms with van der Waals surface area (Å²) in [7, 11) is 0. The quantitative estimate of drug-likeness (QED) is 0.869. The van der Waals surface area contributed by atoms with E-state index in [0.717, 1.165) is 6.42 Å². The molecule has 0 aliphatic rings. The van der Waals surface area contributed by atoms with E-state index < -0.39 is 5.97 Å². The Labute approximate surface area is 90.3 Å². The first-order chi connectivity index (χ1) is 6.56. The second-order valence-corrected chi connectivity index (χ2v) is 3.77. The van der Waals surface area contributed by atoms with Crippen molar-refractivity contribution in [1.29, 1.82) is 0 Å². The van der Waals surface area contributed by atoms with Crippen molar-refractivity contribution in [2.75, 3.05) is 0 Å². The molecule has 0 bridgehead atoms. The van der Waals surface area contributed by atoms with Crippen LogP contribution in [0.5, 0.6) is 0 Å². The van der Waals surface area contributed by atoms with Gasteiger partial charge >= 0.3 is 5.97 Å². The molecule has 5 heteroatoms. The summed E-state index contributed by atoms with van der Waals surface area (Å²) < 4.78 is 0.645. The van der Waals surface area contributed by atoms with E-state index in [0.29, 0.717) is 10.2 Å². The first-order valence-corrected chi connectivity index (χ1v) is 4.99. The lowest BCUT2D eigenvalue weighted by Gasteiger charge is -2.10. The monoisotopic (exact) mass is 258 g/mol. The maximum atomic E-state index is 10.6. The number of hydrogen-bond acceptors (Lipinski definition) is 3. The van der Waals surface area contributed by atoms with Gasteiger partial charge in [-0.15, -0.1) is 0 Å². The molecular weight excluding hydrogens is 248 g/mol. The fraction of sp³-hybridized carbons (Fsp3) is 0.333. The summed E-state index contributed by atoms with van der Waals surface area (Å²) in [6.07, 6.45) is 2.08. The molecule has 0 saturated carbocycles. The van der Waals surface area contributed by atoms with Crippen molar-refractivity contribution in [3.05, 3.63) is 28.0 Å². The molecule has 1 aromatic heterocycles. The highest BCUT2D eigenvalue weighted by molar-refractivity contribution is 9.10. The Kier molecular flexibility index (Phi) is 3.60. The van der Waals surface area contributed by atoms with Crippen molar-refractivity contribution in [2.45, 2.75) is 19.4 Å². The Hall–Kier alpha value is -0.940. The van der Waals surface area contributed by atoms with Gasteiger partial charge in [-0.25, -0.2) is 4.79 Å². The zero-order valence-corrected chi connectivity index (χ0v) is 9.28. The van der Waals surface area contributed by atoms with Crippen molar-refractivity contribution in [3.63, 3.8) is 0 Å². The fourth-order valence-electron chi connectivity index (χ4n) is 1.03. The first-order valence-electron chi connectivity index (χ1n) is 4.20. The lowest BCUT2D eigenvalue weighted by molar-refractivity contribution is 0.0696. The Morgan fingerprint density at radius 3 is 2.86 bits per heavy atom. The molecule has 0 amide bonds. The minimum Gasteiger partial charge on any atom is -0.478 e. The van der Waals surface area contributed by atoms with Gasteiger partial charge < -0.3 is 10.8 Å². The maximum absolute atomic E-state index is 10.6. The van der Waals surface area contributed by atoms with Gasteiger partial charge in [-0.05, 0) is 28.4 Å². The van der Waals surface area contributed by atoms with Crippen LogP contribution in [0.3, 0.4) is 0 Å². The van der Waals surface area contributed by atoms with Gasteiger partial charge in [-0.2, -0.15) is 0 Å². The van der Waals surface area contributed by atoms with Crippen LogP contribution in [-0.2, 0) is 0 Å². The second kappa shape index (κ2) is 4.52. The number of carbonyl (C=O) groups is 1. The standard InChI is InChI=1S/C9H11BrN2O2/c1-2-7(11)8-6(10)3-5(4-12-8)9(13)14/h3-4,7H,2,11H2,1H3,(H,13,14)/t7-/m0/s1. The van der Waals surface area contributed by atoms with E-state index in [-0.39, 0.29) is 11.6 Å². The van der Waals surface area contributed by atoms with E-state index in [1.165, 1.54) is 12.3 Å². The van der Waals surface area contributed by atoms with Crippen molar-refractivity contribution in [2.24, 2.45) is 5.73 Å². The average molecular weight is 259 g/mol. The molecule has 0 aromatic carbocycles. The van der Waals surface area contributed by atoms with E-state index in [1.54, 1.807) is 0 Å². The highest BCUT2D eigenvalue weighted by Gasteiger charge is 2.12. The molecule has 76 valence electrons. The molecule has 0 fully saturated rings. The van der Waals surface area contributed by atoms with Gasteiger partial charge in [0.05, 0.1) is 11.3 Å². The molecule has 0 spiro atoms. The lowest BCUT2D eigenvalue weighted by atomic mass is 10.1. The summed E-state index contributed by atoms with van der Waals surface area (Å²) in [6.45, 7) is 1.95. The van der Waals surface area contributed by atoms with Gasteiger partial charge in [0, 0.05) is 16.7 Å². The van der Waals surface area contributed by atoms with E-state index in [9.17, 15) is 4.79 Å². The number of aromatic nitrogens is 1. The molecular formula is C9H11BrN2O2. The largest absolute Gasteiger partial charge is 0.478 e. The molecule has 14 heavy (non-hydrogen) atoms. The molecule has 4 nitrogen and oxygen atoms in total. The molecule has 1 heterocycles. The molecule has 0 aliphatic heterocycles. The molecule has 0 unspecified atom stereocenters. The van der Waals surface area contributed by atoms with Crippen molar-refractivity contribution in [3.8, 4) is 0 Å². The number of nitrogens with zero attached hydrogens (tertiary/aromatic N) is 1. The van der Waals surface area contributed by atoms with Crippen LogP contribution in [0, 0.1) is 0 Å². The molecule has 1 rings (SSSR count). The molecule has 1 aromatic rings. The van der Waals surface area contributed by atoms with Gasteiger partial charge in [0.1, 0.15) is 0 Å². The van der Waals surface area contributed by atoms with Gasteiger partial charge in [0.15, 0.2) is 0 Å². The lowest BCUT2D eigenvalue weighted by Crippen LogP contribution is -2.12. The van der Waals surface area contributed by atoms with Crippen LogP contribution in [0.2, 0.25) is 0 Å². The number of carboxylic acid groups (broad SMARTS) is 1. The number of hydrogen-bond donors (Lipinski definition) is 2. The Morgan fingerprint density at radius 1 is 1.79 bits per heavy atom. The second-order valence-electron chi connectivity index (χ2n) is 2.91. The third kappa shape index (κ3) is 2.30. The molecule has 1 atom stereocenters. The minimum absolute atomic E-state index is 0.156. The van der Waals surface area contributed by atoms with Crippen molar-refractivity contribution < 1.29 is 9.90 Å². The molecule has 0 aliphatic carbocycles. The van der Waals surface area contributed by atoms with Gasteiger partial charge in [-0.1, -0.05) is 6.92 Å². The van der Waals surface area contributed by atoms with Crippen molar-refractivity contribution in [1.82, 2.24) is 4.98 Å². The van der Waals surface area contributed by atoms with Gasteiger partial charge in [0.2, 0.25) is 0 Å². The third-order valence-corrected chi connectivity index (χ3v) is 2.54. The highest BCUT2D eigenvalue weighted by atomic mass is 79.9. The van der Waals surface area contributed by atoms with Gasteiger partial charge in [0.25, 0.3) is 0 Å². The average Bonchev–Trinajstić information content (AvgIpc) is 2.16. The number of aromatic carboxylic acids is 1. The third-order valence-electron chi connectivity index (χ3n) is 1.91. The maximum Gasteiger partial charge on any atom is 0.337 e. The SMILES string of the molecule is CC[C@H](N)c1ncc(C(=O)O)cc1Br. The Balaban J connectivity index is 3.07. The van der Waals surface area contributed by atoms with Crippen LogP contribution < -0.4 is 5.73 Å². The van der Waals surface area contributed by atoms with Crippen LogP contribution in [0.15, 0.2) is 16.7 Å². The zero-order chi connectivity index (χ0) is 10.7. The fourth-order valence-corrected chi connectivity index (χ4v) is 1.67. The van der Waals surface area contributed by atoms with Crippen LogP contribution in [0.25, 0.3) is 0 Å². The Bertz CT molecular complexity index is 355. The van der Waals surface area contributed by atoms with Crippen LogP contribution >= 0.6 is 15.9 Å². The summed E-state index contributed by atoms with van der Waals surface area (Å²) >= 11 is 3.25. The summed E-state index contributed by atoms with van der Waals surface area (Å²) in [5.41, 5.74) is 6.63. The normalized spacial score (nSPS) is 12.5. The number of halogens is 1. The zero-order valence-electron chi connectivity index (χ0n) is 7.70. The number of rotatable bonds is 3. The van der Waals surface area contributed by atoms with E-state index in [4.69, 9.17) is 10.8 Å². The number of pyridine rings is 1. The Morgan fingerprint density at radius 2 is 2.43 bits per heavy atom. The first kappa shape index (κ1) is 11.1. The molecule has 0 saturated heterocycles. The topological polar surface area (TPSA) is 76.2 Å². The predicted molar refractivity (Wildman–Crippen MR) is 56.1 cm³/mol. The number of carboxylic acids is 1. The molecule has 3 N–H and O–H groups in total. The van der Waals surface area contributed by atoms with Crippen LogP contribution in [-0.4, -0.2) is 16.1 Å². The van der Waals surface area contributed by atoms with E-state index in [1.807, 2.05) is 6.92 Å².